The van der Waals surface area contributed by atoms with Gasteiger partial charge in [-0.2, -0.15) is 4.68 Å². The lowest BCUT2D eigenvalue weighted by molar-refractivity contribution is -0.131. The Morgan fingerprint density at radius 3 is 2.84 bits per heavy atom. The maximum atomic E-state index is 12.1. The lowest BCUT2D eigenvalue weighted by atomic mass is 10.2. The van der Waals surface area contributed by atoms with Crippen LogP contribution in [0.25, 0.3) is 5.69 Å². The summed E-state index contributed by atoms with van der Waals surface area (Å²) in [6.45, 7) is 1.46. The molecule has 0 saturated carbocycles. The van der Waals surface area contributed by atoms with Crippen molar-refractivity contribution < 1.29 is 9.59 Å². The molecule has 2 amide bonds. The number of carbonyl (C=O) groups excluding carboxylic acids is 2. The summed E-state index contributed by atoms with van der Waals surface area (Å²) in [5.41, 5.74) is 0.840. The van der Waals surface area contributed by atoms with E-state index in [1.807, 2.05) is 30.3 Å². The van der Waals surface area contributed by atoms with Crippen LogP contribution in [0.4, 0.5) is 0 Å². The number of benzene rings is 1. The summed E-state index contributed by atoms with van der Waals surface area (Å²) in [5, 5.41) is 14.4. The van der Waals surface area contributed by atoms with Gasteiger partial charge in [0.1, 0.15) is 0 Å². The van der Waals surface area contributed by atoms with E-state index in [4.69, 9.17) is 0 Å². The third-order valence-corrected chi connectivity index (χ3v) is 4.26. The quantitative estimate of drug-likeness (QED) is 0.848. The lowest BCUT2D eigenvalue weighted by Gasteiger charge is -2.19. The number of likely N-dealkylation sites (tertiary alicyclic amines) is 1. The standard InChI is InChI=1S/C17H22N6O2/c24-16(10-12-22-11-6-2-5-9-17(22)25)18-13-15-19-20-21-23(15)14-7-3-1-4-8-14/h1,3-4,7-8H,2,5-6,9-13H2,(H,18,24). The van der Waals surface area contributed by atoms with E-state index in [9.17, 15) is 9.59 Å². The van der Waals surface area contributed by atoms with Crippen LogP contribution in [0.1, 0.15) is 37.9 Å². The van der Waals surface area contributed by atoms with Crippen LogP contribution >= 0.6 is 0 Å². The minimum absolute atomic E-state index is 0.111. The van der Waals surface area contributed by atoms with Crippen molar-refractivity contribution in [2.24, 2.45) is 0 Å². The van der Waals surface area contributed by atoms with Gasteiger partial charge >= 0.3 is 0 Å². The van der Waals surface area contributed by atoms with E-state index >= 15 is 0 Å². The molecule has 1 aliphatic rings. The number of nitrogens with one attached hydrogen (secondary N) is 1. The zero-order chi connectivity index (χ0) is 17.5. The Morgan fingerprint density at radius 1 is 1.16 bits per heavy atom. The number of para-hydroxylation sites is 1. The largest absolute Gasteiger partial charge is 0.349 e. The molecule has 0 spiro atoms. The minimum atomic E-state index is -0.111. The summed E-state index contributed by atoms with van der Waals surface area (Å²) in [5.74, 6) is 0.600. The molecule has 0 radical (unpaired) electrons. The molecule has 0 atom stereocenters. The van der Waals surface area contributed by atoms with Crippen molar-refractivity contribution in [2.75, 3.05) is 13.1 Å². The first-order chi connectivity index (χ1) is 12.2. The van der Waals surface area contributed by atoms with E-state index in [2.05, 4.69) is 20.8 Å². The fourth-order valence-electron chi connectivity index (χ4n) is 2.86. The summed E-state index contributed by atoms with van der Waals surface area (Å²) >= 11 is 0. The van der Waals surface area contributed by atoms with E-state index in [1.54, 1.807) is 9.58 Å². The van der Waals surface area contributed by atoms with Crippen LogP contribution in [0.3, 0.4) is 0 Å². The van der Waals surface area contributed by atoms with Gasteiger partial charge < -0.3 is 10.2 Å². The van der Waals surface area contributed by atoms with Crippen molar-refractivity contribution in [1.82, 2.24) is 30.4 Å². The Balaban J connectivity index is 1.50. The molecule has 25 heavy (non-hydrogen) atoms. The van der Waals surface area contributed by atoms with E-state index < -0.39 is 0 Å². The average Bonchev–Trinajstić information content (AvgIpc) is 3.01. The summed E-state index contributed by atoms with van der Waals surface area (Å²) in [7, 11) is 0. The number of rotatable bonds is 6. The lowest BCUT2D eigenvalue weighted by Crippen LogP contribution is -2.35. The third kappa shape index (κ3) is 4.62. The molecular formula is C17H22N6O2. The average molecular weight is 342 g/mol. The SMILES string of the molecule is O=C(CCN1CCCCCC1=O)NCc1nnnn1-c1ccccc1. The Bertz CT molecular complexity index is 715. The maximum Gasteiger partial charge on any atom is 0.222 e. The maximum absolute atomic E-state index is 12.1. The van der Waals surface area contributed by atoms with Crippen molar-refractivity contribution >= 4 is 11.8 Å². The highest BCUT2D eigenvalue weighted by Gasteiger charge is 2.17. The van der Waals surface area contributed by atoms with Crippen LogP contribution in [0, 0.1) is 0 Å². The molecule has 1 aliphatic heterocycles. The molecule has 1 N–H and O–H groups in total. The Labute approximate surface area is 146 Å². The molecule has 1 saturated heterocycles. The second kappa shape index (κ2) is 8.36. The first-order valence-corrected chi connectivity index (χ1v) is 8.61. The molecule has 1 fully saturated rings. The summed E-state index contributed by atoms with van der Waals surface area (Å²) in [4.78, 5) is 25.8. The number of amides is 2. The van der Waals surface area contributed by atoms with Gasteiger partial charge in [-0.1, -0.05) is 24.6 Å². The number of aromatic nitrogens is 4. The van der Waals surface area contributed by atoms with Crippen LogP contribution in [0.15, 0.2) is 30.3 Å². The summed E-state index contributed by atoms with van der Waals surface area (Å²) in [6.07, 6.45) is 3.92. The topological polar surface area (TPSA) is 93.0 Å². The van der Waals surface area contributed by atoms with Crippen LogP contribution in [0.2, 0.25) is 0 Å². The zero-order valence-corrected chi connectivity index (χ0v) is 14.1. The molecule has 132 valence electrons. The van der Waals surface area contributed by atoms with Gasteiger partial charge in [-0.3, -0.25) is 9.59 Å². The number of carbonyl (C=O) groups is 2. The molecule has 0 unspecified atom stereocenters. The minimum Gasteiger partial charge on any atom is -0.349 e. The number of hydrogen-bond acceptors (Lipinski definition) is 5. The van der Waals surface area contributed by atoms with E-state index in [1.165, 1.54) is 0 Å². The van der Waals surface area contributed by atoms with Crippen LogP contribution < -0.4 is 5.32 Å². The zero-order valence-electron chi connectivity index (χ0n) is 14.1. The third-order valence-electron chi connectivity index (χ3n) is 4.26. The predicted molar refractivity (Wildman–Crippen MR) is 90.7 cm³/mol. The molecular weight excluding hydrogens is 320 g/mol. The molecule has 3 rings (SSSR count). The van der Waals surface area contributed by atoms with Gasteiger partial charge in [-0.15, -0.1) is 5.10 Å². The highest BCUT2D eigenvalue weighted by atomic mass is 16.2. The van der Waals surface area contributed by atoms with Gasteiger partial charge in [0, 0.05) is 25.9 Å². The van der Waals surface area contributed by atoms with Crippen molar-refractivity contribution in [3.05, 3.63) is 36.2 Å². The smallest absolute Gasteiger partial charge is 0.222 e. The van der Waals surface area contributed by atoms with E-state index in [0.717, 1.165) is 31.5 Å². The second-order valence-corrected chi connectivity index (χ2v) is 6.06. The number of tetrazole rings is 1. The first-order valence-electron chi connectivity index (χ1n) is 8.61. The van der Waals surface area contributed by atoms with Gasteiger partial charge in [-0.25, -0.2) is 0 Å². The fraction of sp³-hybridized carbons (Fsp3) is 0.471. The fourth-order valence-corrected chi connectivity index (χ4v) is 2.86. The summed E-state index contributed by atoms with van der Waals surface area (Å²) in [6, 6.07) is 9.51. The van der Waals surface area contributed by atoms with Gasteiger partial charge in [-0.05, 0) is 35.4 Å². The summed E-state index contributed by atoms with van der Waals surface area (Å²) < 4.78 is 1.60. The van der Waals surface area contributed by atoms with Crippen molar-refractivity contribution in [3.8, 4) is 5.69 Å². The van der Waals surface area contributed by atoms with Crippen LogP contribution in [-0.4, -0.2) is 50.0 Å². The number of hydrogen-bond donors (Lipinski definition) is 1. The molecule has 1 aromatic heterocycles. The molecule has 2 heterocycles. The molecule has 1 aromatic carbocycles. The van der Waals surface area contributed by atoms with Crippen LogP contribution in [0.5, 0.6) is 0 Å². The molecule has 0 aliphatic carbocycles. The Hall–Kier alpha value is -2.77. The Morgan fingerprint density at radius 2 is 2.00 bits per heavy atom. The molecule has 2 aromatic rings. The van der Waals surface area contributed by atoms with Crippen LogP contribution in [-0.2, 0) is 16.1 Å². The van der Waals surface area contributed by atoms with E-state index in [0.29, 0.717) is 25.2 Å². The first kappa shape index (κ1) is 17.1. The van der Waals surface area contributed by atoms with Crippen molar-refractivity contribution in [2.45, 2.75) is 38.6 Å². The van der Waals surface area contributed by atoms with Gasteiger partial charge in [0.2, 0.25) is 11.8 Å². The van der Waals surface area contributed by atoms with Crippen molar-refractivity contribution in [3.63, 3.8) is 0 Å². The monoisotopic (exact) mass is 342 g/mol. The normalized spacial score (nSPS) is 15.0. The number of nitrogens with zero attached hydrogens (tertiary/aromatic N) is 5. The molecule has 8 heteroatoms. The molecule has 8 nitrogen and oxygen atoms in total. The predicted octanol–water partition coefficient (Wildman–Crippen LogP) is 1.07. The van der Waals surface area contributed by atoms with Gasteiger partial charge in [0.05, 0.1) is 12.2 Å². The van der Waals surface area contributed by atoms with Crippen molar-refractivity contribution in [1.29, 1.82) is 0 Å². The Kier molecular flexibility index (Phi) is 5.71. The van der Waals surface area contributed by atoms with Gasteiger partial charge in [0.15, 0.2) is 5.82 Å². The van der Waals surface area contributed by atoms with Gasteiger partial charge in [0.25, 0.3) is 0 Å². The second-order valence-electron chi connectivity index (χ2n) is 6.06. The molecule has 0 bridgehead atoms. The highest BCUT2D eigenvalue weighted by molar-refractivity contribution is 5.79. The highest BCUT2D eigenvalue weighted by Crippen LogP contribution is 2.11. The van der Waals surface area contributed by atoms with E-state index in [-0.39, 0.29) is 18.4 Å².